The highest BCUT2D eigenvalue weighted by atomic mass is 19.4. The normalized spacial score (nSPS) is 16.0. The number of fused-ring (bicyclic) bond motifs is 1. The fourth-order valence-electron chi connectivity index (χ4n) is 3.98. The first kappa shape index (κ1) is 26.4. The summed E-state index contributed by atoms with van der Waals surface area (Å²) < 4.78 is 84.7. The van der Waals surface area contributed by atoms with Gasteiger partial charge in [0.25, 0.3) is 5.56 Å². The van der Waals surface area contributed by atoms with Gasteiger partial charge < -0.3 is 14.5 Å². The maximum Gasteiger partial charge on any atom is 0.435 e. The molecule has 1 saturated heterocycles. The first-order valence-corrected chi connectivity index (χ1v) is 11.1. The van der Waals surface area contributed by atoms with Crippen molar-refractivity contribution >= 4 is 22.6 Å². The van der Waals surface area contributed by atoms with Gasteiger partial charge in [-0.3, -0.25) is 19.4 Å². The van der Waals surface area contributed by atoms with Crippen LogP contribution in [0.4, 0.5) is 32.2 Å². The monoisotopic (exact) mass is 536 g/mol. The van der Waals surface area contributed by atoms with Crippen molar-refractivity contribution in [3.63, 3.8) is 0 Å². The van der Waals surface area contributed by atoms with E-state index in [2.05, 4.69) is 15.3 Å². The van der Waals surface area contributed by atoms with Crippen molar-refractivity contribution in [3.05, 3.63) is 34.0 Å². The topological polar surface area (TPSA) is 125 Å². The fourth-order valence-corrected chi connectivity index (χ4v) is 3.98. The molecule has 3 aromatic rings. The van der Waals surface area contributed by atoms with Crippen molar-refractivity contribution in [2.24, 2.45) is 0 Å². The summed E-state index contributed by atoms with van der Waals surface area (Å²) in [4.78, 5) is 27.6. The third-order valence-corrected chi connectivity index (χ3v) is 5.86. The van der Waals surface area contributed by atoms with Crippen LogP contribution in [0.2, 0.25) is 0 Å². The van der Waals surface area contributed by atoms with Gasteiger partial charge in [0.1, 0.15) is 11.1 Å². The van der Waals surface area contributed by atoms with E-state index in [9.17, 15) is 35.9 Å². The van der Waals surface area contributed by atoms with Gasteiger partial charge in [-0.15, -0.1) is 0 Å². The first-order chi connectivity index (χ1) is 17.4. The predicted molar refractivity (Wildman–Crippen MR) is 116 cm³/mol. The summed E-state index contributed by atoms with van der Waals surface area (Å²) in [6.45, 7) is 2.62. The smallest absolute Gasteiger partial charge is 0.379 e. The highest BCUT2D eigenvalue weighted by molar-refractivity contribution is 5.80. The molecule has 17 heteroatoms. The SMILES string of the molecule is CC(COCCC(=O)N1CCN(c2cc(C(F)(F)F)[nH]n2)CC1)n1nc(C(F)(F)F)c2c(=O)[nH]ncc21. The van der Waals surface area contributed by atoms with Crippen LogP contribution in [0, 0.1) is 0 Å². The van der Waals surface area contributed by atoms with Crippen molar-refractivity contribution in [2.45, 2.75) is 31.7 Å². The minimum absolute atomic E-state index is 0.00221. The number of nitrogens with one attached hydrogen (secondary N) is 2. The standard InChI is InChI=1S/C20H22F6N8O3/c1-11(34-12-9-27-30-18(36)16(12)17(31-34)20(24,25)26)10-37-7-2-15(35)33-5-3-32(4-6-33)14-8-13(28-29-14)19(21,22)23/h8-9,11H,2-7,10H2,1H3,(H,28,29)(H,30,36). The summed E-state index contributed by atoms with van der Waals surface area (Å²) in [6, 6.07) is 0.218. The van der Waals surface area contributed by atoms with Crippen LogP contribution < -0.4 is 10.5 Å². The lowest BCUT2D eigenvalue weighted by Crippen LogP contribution is -2.49. The number of carbonyl (C=O) groups is 1. The van der Waals surface area contributed by atoms with Gasteiger partial charge in [-0.25, -0.2) is 5.10 Å². The van der Waals surface area contributed by atoms with Crippen LogP contribution in [0.1, 0.15) is 30.8 Å². The molecule has 0 aromatic carbocycles. The number of aromatic amines is 2. The number of hydrogen-bond acceptors (Lipinski definition) is 7. The second-order valence-electron chi connectivity index (χ2n) is 8.43. The Balaban J connectivity index is 1.27. The van der Waals surface area contributed by atoms with Crippen LogP contribution in [0.25, 0.3) is 10.9 Å². The van der Waals surface area contributed by atoms with Crippen LogP contribution in [-0.2, 0) is 21.9 Å². The predicted octanol–water partition coefficient (Wildman–Crippen LogP) is 2.20. The van der Waals surface area contributed by atoms with Crippen molar-refractivity contribution in [3.8, 4) is 0 Å². The number of piperazine rings is 1. The number of rotatable bonds is 7. The number of nitrogens with zero attached hydrogens (tertiary/aromatic N) is 6. The average Bonchev–Trinajstić information content (AvgIpc) is 3.48. The van der Waals surface area contributed by atoms with Gasteiger partial charge in [0.2, 0.25) is 5.91 Å². The Kier molecular flexibility index (Phi) is 7.16. The van der Waals surface area contributed by atoms with Gasteiger partial charge >= 0.3 is 12.4 Å². The van der Waals surface area contributed by atoms with Crippen LogP contribution in [0.5, 0.6) is 0 Å². The fraction of sp³-hybridized carbons (Fsp3) is 0.550. The molecular weight excluding hydrogens is 514 g/mol. The van der Waals surface area contributed by atoms with E-state index >= 15 is 0 Å². The molecule has 11 nitrogen and oxygen atoms in total. The number of alkyl halides is 6. The third kappa shape index (κ3) is 5.70. The van der Waals surface area contributed by atoms with Gasteiger partial charge in [-0.2, -0.15) is 41.6 Å². The average molecular weight is 536 g/mol. The van der Waals surface area contributed by atoms with Gasteiger partial charge in [0.05, 0.1) is 37.4 Å². The number of H-pyrrole nitrogens is 2. The number of carbonyl (C=O) groups excluding carboxylic acids is 1. The molecule has 2 N–H and O–H groups in total. The second kappa shape index (κ2) is 10.0. The molecule has 4 heterocycles. The molecule has 0 radical (unpaired) electrons. The third-order valence-electron chi connectivity index (χ3n) is 5.86. The molecule has 1 amide bonds. The zero-order valence-electron chi connectivity index (χ0n) is 19.4. The summed E-state index contributed by atoms with van der Waals surface area (Å²) in [5, 5.41) is 14.1. The molecule has 0 aliphatic carbocycles. The Bertz CT molecular complexity index is 1310. The van der Waals surface area contributed by atoms with E-state index in [0.29, 0.717) is 13.1 Å². The Labute approximate surface area is 204 Å². The van der Waals surface area contributed by atoms with Crippen LogP contribution >= 0.6 is 0 Å². The lowest BCUT2D eigenvalue weighted by molar-refractivity contribution is -0.141. The molecule has 1 aliphatic heterocycles. The molecule has 0 spiro atoms. The Morgan fingerprint density at radius 2 is 1.81 bits per heavy atom. The maximum atomic E-state index is 13.3. The maximum absolute atomic E-state index is 13.3. The minimum atomic E-state index is -4.84. The van der Waals surface area contributed by atoms with E-state index in [1.165, 1.54) is 0 Å². The molecule has 0 saturated carbocycles. The van der Waals surface area contributed by atoms with Crippen LogP contribution in [-0.4, -0.2) is 80.4 Å². The minimum Gasteiger partial charge on any atom is -0.379 e. The molecule has 1 atom stereocenters. The van der Waals surface area contributed by atoms with Crippen molar-refractivity contribution < 1.29 is 35.9 Å². The van der Waals surface area contributed by atoms with E-state index in [1.54, 1.807) is 16.7 Å². The van der Waals surface area contributed by atoms with Gasteiger partial charge in [0.15, 0.2) is 11.5 Å². The van der Waals surface area contributed by atoms with Crippen LogP contribution in [0.3, 0.4) is 0 Å². The Morgan fingerprint density at radius 3 is 2.43 bits per heavy atom. The summed E-state index contributed by atoms with van der Waals surface area (Å²) in [5.74, 6) is -0.0845. The first-order valence-electron chi connectivity index (χ1n) is 11.1. The van der Waals surface area contributed by atoms with Crippen LogP contribution in [0.15, 0.2) is 17.1 Å². The molecule has 1 unspecified atom stereocenters. The quantitative estimate of drug-likeness (QED) is 0.350. The van der Waals surface area contributed by atoms with Gasteiger partial charge in [-0.05, 0) is 6.92 Å². The van der Waals surface area contributed by atoms with E-state index in [4.69, 9.17) is 4.74 Å². The summed E-state index contributed by atoms with van der Waals surface area (Å²) in [7, 11) is 0. The zero-order valence-corrected chi connectivity index (χ0v) is 19.4. The lowest BCUT2D eigenvalue weighted by atomic mass is 10.2. The largest absolute Gasteiger partial charge is 0.435 e. The highest BCUT2D eigenvalue weighted by Gasteiger charge is 2.39. The summed E-state index contributed by atoms with van der Waals surface area (Å²) >= 11 is 0. The number of aromatic nitrogens is 6. The lowest BCUT2D eigenvalue weighted by Gasteiger charge is -2.34. The van der Waals surface area contributed by atoms with Crippen molar-refractivity contribution in [1.82, 2.24) is 35.1 Å². The van der Waals surface area contributed by atoms with Gasteiger partial charge in [-0.1, -0.05) is 0 Å². The molecule has 37 heavy (non-hydrogen) atoms. The van der Waals surface area contributed by atoms with Crippen molar-refractivity contribution in [1.29, 1.82) is 0 Å². The Hall–Kier alpha value is -3.63. The summed E-state index contributed by atoms with van der Waals surface area (Å²) in [6.07, 6.45) is -8.29. The highest BCUT2D eigenvalue weighted by Crippen LogP contribution is 2.33. The number of hydrogen-bond donors (Lipinski definition) is 2. The number of amides is 1. The van der Waals surface area contributed by atoms with Gasteiger partial charge in [0, 0.05) is 32.2 Å². The van der Waals surface area contributed by atoms with Crippen molar-refractivity contribution in [2.75, 3.05) is 44.3 Å². The second-order valence-corrected chi connectivity index (χ2v) is 8.43. The number of halogens is 6. The molecule has 1 fully saturated rings. The van der Waals surface area contributed by atoms with E-state index in [-0.39, 0.29) is 50.0 Å². The Morgan fingerprint density at radius 1 is 1.11 bits per heavy atom. The zero-order chi connectivity index (χ0) is 27.0. The number of anilines is 1. The molecular formula is C20H22F6N8O3. The van der Waals surface area contributed by atoms with E-state index in [1.807, 2.05) is 10.2 Å². The molecule has 202 valence electrons. The molecule has 0 bridgehead atoms. The van der Waals surface area contributed by atoms with E-state index in [0.717, 1.165) is 16.9 Å². The summed E-state index contributed by atoms with van der Waals surface area (Å²) in [5.41, 5.74) is -3.38. The van der Waals surface area contributed by atoms with E-state index < -0.39 is 40.7 Å². The number of ether oxygens (including phenoxy) is 1. The molecule has 3 aromatic heterocycles. The molecule has 1 aliphatic rings. The molecule has 4 rings (SSSR count).